The molecule has 4 nitrogen and oxygen atoms in total. The van der Waals surface area contributed by atoms with Crippen molar-refractivity contribution in [1.82, 2.24) is 9.80 Å². The molecule has 2 rings (SSSR count). The average Bonchev–Trinajstić information content (AvgIpc) is 2.51. The monoisotopic (exact) mass is 304 g/mol. The zero-order valence-corrected chi connectivity index (χ0v) is 14.3. The predicted octanol–water partition coefficient (Wildman–Crippen LogP) is 2.52. The molecular formula is C18H28N2O2. The average molecular weight is 304 g/mol. The first-order chi connectivity index (χ1) is 10.5. The SMILES string of the molecule is CCOc1cc(C)c(C(=O)CN2CCN(CC)CC2)cc1C. The largest absolute Gasteiger partial charge is 0.494 e. The minimum atomic E-state index is 0.216. The Bertz CT molecular complexity index is 520. The smallest absolute Gasteiger partial charge is 0.177 e. The number of likely N-dealkylation sites (N-methyl/N-ethyl adjacent to an activating group) is 1. The third-order valence-electron chi connectivity index (χ3n) is 4.40. The maximum atomic E-state index is 12.6. The Labute approximate surface area is 134 Å². The number of aryl methyl sites for hydroxylation is 2. The molecule has 0 radical (unpaired) electrons. The first kappa shape index (κ1) is 17.0. The van der Waals surface area contributed by atoms with Gasteiger partial charge in [-0.3, -0.25) is 9.69 Å². The second-order valence-electron chi connectivity index (χ2n) is 6.00. The Morgan fingerprint density at radius 3 is 2.27 bits per heavy atom. The molecule has 1 aliphatic heterocycles. The summed E-state index contributed by atoms with van der Waals surface area (Å²) in [6.45, 7) is 14.5. The second-order valence-corrected chi connectivity index (χ2v) is 6.00. The summed E-state index contributed by atoms with van der Waals surface area (Å²) in [7, 11) is 0. The van der Waals surface area contributed by atoms with E-state index in [1.807, 2.05) is 32.9 Å². The second kappa shape index (κ2) is 7.75. The van der Waals surface area contributed by atoms with Gasteiger partial charge in [-0.15, -0.1) is 0 Å². The topological polar surface area (TPSA) is 32.8 Å². The van der Waals surface area contributed by atoms with Crippen molar-refractivity contribution in [3.05, 3.63) is 28.8 Å². The lowest BCUT2D eigenvalue weighted by Gasteiger charge is -2.33. The van der Waals surface area contributed by atoms with Crippen LogP contribution in [0.25, 0.3) is 0 Å². The predicted molar refractivity (Wildman–Crippen MR) is 90.0 cm³/mol. The summed E-state index contributed by atoms with van der Waals surface area (Å²) in [4.78, 5) is 17.3. The van der Waals surface area contributed by atoms with Crippen molar-refractivity contribution < 1.29 is 9.53 Å². The molecule has 0 spiro atoms. The standard InChI is InChI=1S/C18H28N2O2/c1-5-19-7-9-20(10-8-19)13-17(21)16-11-15(4)18(22-6-2)12-14(16)3/h11-12H,5-10,13H2,1-4H3. The molecule has 22 heavy (non-hydrogen) atoms. The van der Waals surface area contributed by atoms with E-state index in [9.17, 15) is 4.79 Å². The highest BCUT2D eigenvalue weighted by molar-refractivity contribution is 5.99. The molecule has 1 heterocycles. The molecule has 1 fully saturated rings. The Kier molecular flexibility index (Phi) is 5.98. The molecule has 1 aromatic rings. The van der Waals surface area contributed by atoms with E-state index in [2.05, 4.69) is 16.7 Å². The lowest BCUT2D eigenvalue weighted by Crippen LogP contribution is -2.47. The summed E-state index contributed by atoms with van der Waals surface area (Å²) in [5.41, 5.74) is 2.87. The third-order valence-corrected chi connectivity index (χ3v) is 4.40. The Morgan fingerprint density at radius 1 is 1.05 bits per heavy atom. The van der Waals surface area contributed by atoms with Gasteiger partial charge in [-0.05, 0) is 50.6 Å². The zero-order valence-electron chi connectivity index (χ0n) is 14.3. The van der Waals surface area contributed by atoms with Crippen LogP contribution >= 0.6 is 0 Å². The van der Waals surface area contributed by atoms with Crippen molar-refractivity contribution in [2.75, 3.05) is 45.9 Å². The van der Waals surface area contributed by atoms with Gasteiger partial charge in [0.25, 0.3) is 0 Å². The van der Waals surface area contributed by atoms with E-state index in [0.717, 1.165) is 55.2 Å². The van der Waals surface area contributed by atoms with E-state index in [4.69, 9.17) is 4.74 Å². The molecule has 4 heteroatoms. The molecule has 0 amide bonds. The number of hydrogen-bond donors (Lipinski definition) is 0. The minimum Gasteiger partial charge on any atom is -0.494 e. The maximum absolute atomic E-state index is 12.6. The number of Topliss-reactive ketones (excluding diaryl/α,β-unsaturated/α-hetero) is 1. The van der Waals surface area contributed by atoms with E-state index in [1.54, 1.807) is 0 Å². The number of hydrogen-bond acceptors (Lipinski definition) is 4. The van der Waals surface area contributed by atoms with Crippen LogP contribution in [0.1, 0.15) is 35.3 Å². The molecule has 0 N–H and O–H groups in total. The number of carbonyl (C=O) groups excluding carboxylic acids is 1. The van der Waals surface area contributed by atoms with E-state index in [-0.39, 0.29) is 5.78 Å². The number of rotatable bonds is 6. The number of ketones is 1. The van der Waals surface area contributed by atoms with Crippen LogP contribution < -0.4 is 4.74 Å². The van der Waals surface area contributed by atoms with Crippen LogP contribution in [-0.2, 0) is 0 Å². The Hall–Kier alpha value is -1.39. The summed E-state index contributed by atoms with van der Waals surface area (Å²) >= 11 is 0. The van der Waals surface area contributed by atoms with Gasteiger partial charge in [0.1, 0.15) is 5.75 Å². The van der Waals surface area contributed by atoms with Gasteiger partial charge >= 0.3 is 0 Å². The van der Waals surface area contributed by atoms with Crippen molar-refractivity contribution in [3.63, 3.8) is 0 Å². The van der Waals surface area contributed by atoms with Crippen molar-refractivity contribution in [3.8, 4) is 5.75 Å². The molecule has 1 saturated heterocycles. The van der Waals surface area contributed by atoms with Crippen LogP contribution in [-0.4, -0.2) is 61.5 Å². The maximum Gasteiger partial charge on any atom is 0.177 e. The highest BCUT2D eigenvalue weighted by Gasteiger charge is 2.20. The van der Waals surface area contributed by atoms with Crippen molar-refractivity contribution in [1.29, 1.82) is 0 Å². The Morgan fingerprint density at radius 2 is 1.68 bits per heavy atom. The summed E-state index contributed by atoms with van der Waals surface area (Å²) in [6.07, 6.45) is 0. The zero-order chi connectivity index (χ0) is 16.1. The normalized spacial score (nSPS) is 16.7. The van der Waals surface area contributed by atoms with Crippen LogP contribution in [0.15, 0.2) is 12.1 Å². The van der Waals surface area contributed by atoms with Crippen molar-refractivity contribution in [2.24, 2.45) is 0 Å². The molecule has 1 aliphatic rings. The fourth-order valence-electron chi connectivity index (χ4n) is 2.95. The van der Waals surface area contributed by atoms with Gasteiger partial charge in [0.15, 0.2) is 5.78 Å². The summed E-state index contributed by atoms with van der Waals surface area (Å²) in [6, 6.07) is 3.96. The van der Waals surface area contributed by atoms with Gasteiger partial charge < -0.3 is 9.64 Å². The van der Waals surface area contributed by atoms with Crippen LogP contribution in [0.4, 0.5) is 0 Å². The number of carbonyl (C=O) groups is 1. The van der Waals surface area contributed by atoms with Gasteiger partial charge in [0.2, 0.25) is 0 Å². The van der Waals surface area contributed by atoms with Gasteiger partial charge in [0, 0.05) is 31.7 Å². The first-order valence-corrected chi connectivity index (χ1v) is 8.27. The lowest BCUT2D eigenvalue weighted by atomic mass is 10.0. The fourth-order valence-corrected chi connectivity index (χ4v) is 2.95. The third kappa shape index (κ3) is 4.08. The minimum absolute atomic E-state index is 0.216. The van der Waals surface area contributed by atoms with Gasteiger partial charge in [-0.25, -0.2) is 0 Å². The van der Waals surface area contributed by atoms with E-state index < -0.39 is 0 Å². The summed E-state index contributed by atoms with van der Waals surface area (Å²) < 4.78 is 5.60. The quantitative estimate of drug-likeness (QED) is 0.756. The number of nitrogens with zero attached hydrogens (tertiary/aromatic N) is 2. The summed E-state index contributed by atoms with van der Waals surface area (Å²) in [5.74, 6) is 1.10. The fraction of sp³-hybridized carbons (Fsp3) is 0.611. The van der Waals surface area contributed by atoms with Crippen molar-refractivity contribution in [2.45, 2.75) is 27.7 Å². The van der Waals surface area contributed by atoms with Crippen molar-refractivity contribution >= 4 is 5.78 Å². The summed E-state index contributed by atoms with van der Waals surface area (Å²) in [5, 5.41) is 0. The molecule has 122 valence electrons. The van der Waals surface area contributed by atoms with Gasteiger partial charge in [-0.2, -0.15) is 0 Å². The van der Waals surface area contributed by atoms with E-state index >= 15 is 0 Å². The van der Waals surface area contributed by atoms with Crippen LogP contribution in [0.2, 0.25) is 0 Å². The molecule has 0 unspecified atom stereocenters. The molecule has 0 atom stereocenters. The van der Waals surface area contributed by atoms with Crippen LogP contribution in [0.3, 0.4) is 0 Å². The molecule has 0 aliphatic carbocycles. The van der Waals surface area contributed by atoms with Gasteiger partial charge in [0.05, 0.1) is 13.2 Å². The van der Waals surface area contributed by atoms with E-state index in [0.29, 0.717) is 13.2 Å². The highest BCUT2D eigenvalue weighted by atomic mass is 16.5. The van der Waals surface area contributed by atoms with Crippen LogP contribution in [0.5, 0.6) is 5.75 Å². The molecule has 0 aromatic heterocycles. The highest BCUT2D eigenvalue weighted by Crippen LogP contribution is 2.23. The van der Waals surface area contributed by atoms with Crippen LogP contribution in [0, 0.1) is 13.8 Å². The molecule has 1 aromatic carbocycles. The Balaban J connectivity index is 2.02. The molecule has 0 bridgehead atoms. The lowest BCUT2D eigenvalue weighted by molar-refractivity contribution is 0.0858. The number of benzene rings is 1. The van der Waals surface area contributed by atoms with E-state index in [1.165, 1.54) is 0 Å². The molecular weight excluding hydrogens is 276 g/mol. The first-order valence-electron chi connectivity index (χ1n) is 8.27. The number of ether oxygens (including phenoxy) is 1. The molecule has 0 saturated carbocycles. The number of piperazine rings is 1. The van der Waals surface area contributed by atoms with Gasteiger partial charge in [-0.1, -0.05) is 6.92 Å².